The van der Waals surface area contributed by atoms with Crippen LogP contribution in [0.2, 0.25) is 0 Å². The first-order valence-corrected chi connectivity index (χ1v) is 6.20. The van der Waals surface area contributed by atoms with Gasteiger partial charge in [-0.3, -0.25) is 9.59 Å². The first-order chi connectivity index (χ1) is 9.13. The third kappa shape index (κ3) is 2.74. The van der Waals surface area contributed by atoms with Crippen molar-refractivity contribution in [2.45, 2.75) is 26.2 Å². The van der Waals surface area contributed by atoms with E-state index in [0.717, 1.165) is 24.2 Å². The Hall–Kier alpha value is -2.35. The van der Waals surface area contributed by atoms with Crippen LogP contribution in [-0.4, -0.2) is 18.4 Å². The minimum absolute atomic E-state index is 0.114. The summed E-state index contributed by atoms with van der Waals surface area (Å²) >= 11 is 0. The number of hydrogen-bond acceptors (Lipinski definition) is 3. The van der Waals surface area contributed by atoms with E-state index in [1.807, 2.05) is 19.1 Å². The van der Waals surface area contributed by atoms with Gasteiger partial charge in [0.15, 0.2) is 0 Å². The van der Waals surface area contributed by atoms with Gasteiger partial charge in [0.1, 0.15) is 6.42 Å². The van der Waals surface area contributed by atoms with Crippen LogP contribution in [0.15, 0.2) is 18.2 Å². The number of amides is 2. The van der Waals surface area contributed by atoms with Gasteiger partial charge >= 0.3 is 0 Å². The van der Waals surface area contributed by atoms with Crippen LogP contribution >= 0.6 is 0 Å². The Bertz CT molecular complexity index is 560. The molecule has 1 aliphatic rings. The Morgan fingerprint density at radius 2 is 2.32 bits per heavy atom. The van der Waals surface area contributed by atoms with E-state index in [0.29, 0.717) is 12.1 Å². The monoisotopic (exact) mass is 257 g/mol. The van der Waals surface area contributed by atoms with Crippen molar-refractivity contribution in [2.75, 3.05) is 16.8 Å². The van der Waals surface area contributed by atoms with Gasteiger partial charge in [-0.25, -0.2) is 0 Å². The normalized spacial score (nSPS) is 14.3. The van der Waals surface area contributed by atoms with Crippen molar-refractivity contribution in [3.05, 3.63) is 23.8 Å². The van der Waals surface area contributed by atoms with Crippen molar-refractivity contribution >= 4 is 23.2 Å². The van der Waals surface area contributed by atoms with Crippen LogP contribution in [-0.2, 0) is 9.59 Å². The molecule has 2 rings (SSSR count). The molecule has 1 saturated heterocycles. The fourth-order valence-corrected chi connectivity index (χ4v) is 2.22. The summed E-state index contributed by atoms with van der Waals surface area (Å²) in [4.78, 5) is 25.0. The van der Waals surface area contributed by atoms with E-state index in [1.54, 1.807) is 17.0 Å². The summed E-state index contributed by atoms with van der Waals surface area (Å²) in [6, 6.07) is 7.25. The van der Waals surface area contributed by atoms with Crippen molar-refractivity contribution in [3.63, 3.8) is 0 Å². The molecule has 0 radical (unpaired) electrons. The van der Waals surface area contributed by atoms with Crippen LogP contribution in [0.3, 0.4) is 0 Å². The van der Waals surface area contributed by atoms with E-state index >= 15 is 0 Å². The molecule has 2 amide bonds. The average Bonchev–Trinajstić information content (AvgIpc) is 2.78. The lowest BCUT2D eigenvalue weighted by Crippen LogP contribution is -2.25. The molecule has 1 aliphatic heterocycles. The second-order valence-corrected chi connectivity index (χ2v) is 4.48. The maximum absolute atomic E-state index is 11.8. The number of carbonyl (C=O) groups is 2. The minimum Gasteiger partial charge on any atom is -0.325 e. The van der Waals surface area contributed by atoms with Gasteiger partial charge in [0.05, 0.1) is 6.07 Å². The lowest BCUT2D eigenvalue weighted by Gasteiger charge is -2.20. The fraction of sp³-hybridized carbons (Fsp3) is 0.357. The molecular weight excluding hydrogens is 242 g/mol. The molecule has 0 aliphatic carbocycles. The minimum atomic E-state index is -0.338. The number of rotatable bonds is 3. The molecule has 1 aromatic carbocycles. The van der Waals surface area contributed by atoms with Crippen molar-refractivity contribution < 1.29 is 9.59 Å². The van der Waals surface area contributed by atoms with E-state index in [1.165, 1.54) is 0 Å². The lowest BCUT2D eigenvalue weighted by molar-refractivity contribution is -0.117. The largest absolute Gasteiger partial charge is 0.325 e. The van der Waals surface area contributed by atoms with Crippen LogP contribution in [0.1, 0.15) is 24.8 Å². The summed E-state index contributed by atoms with van der Waals surface area (Å²) in [7, 11) is 0. The molecule has 5 nitrogen and oxygen atoms in total. The highest BCUT2D eigenvalue weighted by Gasteiger charge is 2.23. The summed E-state index contributed by atoms with van der Waals surface area (Å²) in [5.74, 6) is -0.223. The summed E-state index contributed by atoms with van der Waals surface area (Å²) in [5.41, 5.74) is 2.33. The molecule has 1 aromatic rings. The molecule has 0 spiro atoms. The van der Waals surface area contributed by atoms with Gasteiger partial charge in [-0.15, -0.1) is 0 Å². The lowest BCUT2D eigenvalue weighted by atomic mass is 10.1. The predicted molar refractivity (Wildman–Crippen MR) is 71.6 cm³/mol. The number of nitriles is 1. The molecule has 0 saturated carbocycles. The second-order valence-electron chi connectivity index (χ2n) is 4.48. The maximum Gasteiger partial charge on any atom is 0.238 e. The van der Waals surface area contributed by atoms with Crippen LogP contribution in [0.25, 0.3) is 0 Å². The van der Waals surface area contributed by atoms with Gasteiger partial charge in [-0.05, 0) is 31.0 Å². The number of nitrogens with one attached hydrogen (secondary N) is 1. The third-order valence-electron chi connectivity index (χ3n) is 3.18. The smallest absolute Gasteiger partial charge is 0.238 e. The van der Waals surface area contributed by atoms with Crippen molar-refractivity contribution in [3.8, 4) is 6.07 Å². The molecule has 0 unspecified atom stereocenters. The molecular formula is C14H15N3O2. The zero-order chi connectivity index (χ0) is 13.8. The van der Waals surface area contributed by atoms with E-state index in [4.69, 9.17) is 5.26 Å². The first-order valence-electron chi connectivity index (χ1n) is 6.20. The van der Waals surface area contributed by atoms with Gasteiger partial charge < -0.3 is 10.2 Å². The molecule has 1 heterocycles. The molecule has 0 aromatic heterocycles. The number of hydrogen-bond donors (Lipinski definition) is 1. The molecule has 0 bridgehead atoms. The quantitative estimate of drug-likeness (QED) is 0.899. The second kappa shape index (κ2) is 5.53. The highest BCUT2D eigenvalue weighted by atomic mass is 16.2. The Morgan fingerprint density at radius 3 is 2.95 bits per heavy atom. The van der Waals surface area contributed by atoms with Crippen LogP contribution in [0.5, 0.6) is 0 Å². The van der Waals surface area contributed by atoms with Gasteiger partial charge in [0.2, 0.25) is 11.8 Å². The number of nitrogens with zero attached hydrogens (tertiary/aromatic N) is 2. The van der Waals surface area contributed by atoms with Gasteiger partial charge in [-0.1, -0.05) is 6.07 Å². The SMILES string of the molecule is Cc1c(NC(=O)CC#N)cccc1N1CCCC1=O. The van der Waals surface area contributed by atoms with E-state index in [9.17, 15) is 9.59 Å². The van der Waals surface area contributed by atoms with Crippen LogP contribution in [0, 0.1) is 18.3 Å². The Labute approximate surface area is 111 Å². The highest BCUT2D eigenvalue weighted by molar-refractivity contribution is 5.98. The van der Waals surface area contributed by atoms with Crippen molar-refractivity contribution in [2.24, 2.45) is 0 Å². The topological polar surface area (TPSA) is 73.2 Å². The van der Waals surface area contributed by atoms with Crippen LogP contribution < -0.4 is 10.2 Å². The van der Waals surface area contributed by atoms with Gasteiger partial charge in [-0.2, -0.15) is 5.26 Å². The molecule has 1 N–H and O–H groups in total. The van der Waals surface area contributed by atoms with Gasteiger partial charge in [0, 0.05) is 24.3 Å². The summed E-state index contributed by atoms with van der Waals surface area (Å²) in [5, 5.41) is 11.2. The average molecular weight is 257 g/mol. The number of anilines is 2. The molecule has 0 atom stereocenters. The van der Waals surface area contributed by atoms with Gasteiger partial charge in [0.25, 0.3) is 0 Å². The van der Waals surface area contributed by atoms with Crippen molar-refractivity contribution in [1.82, 2.24) is 0 Å². The zero-order valence-corrected chi connectivity index (χ0v) is 10.8. The maximum atomic E-state index is 11.8. The molecule has 98 valence electrons. The number of benzene rings is 1. The third-order valence-corrected chi connectivity index (χ3v) is 3.18. The van der Waals surface area contributed by atoms with Crippen LogP contribution in [0.4, 0.5) is 11.4 Å². The number of carbonyl (C=O) groups excluding carboxylic acids is 2. The molecule has 1 fully saturated rings. The Morgan fingerprint density at radius 1 is 1.53 bits per heavy atom. The molecule has 19 heavy (non-hydrogen) atoms. The highest BCUT2D eigenvalue weighted by Crippen LogP contribution is 2.29. The Kier molecular flexibility index (Phi) is 3.81. The zero-order valence-electron chi connectivity index (χ0n) is 10.8. The molecule has 5 heteroatoms. The Balaban J connectivity index is 2.25. The summed E-state index contributed by atoms with van der Waals surface area (Å²) in [6.45, 7) is 2.58. The standard InChI is InChI=1S/C14H15N3O2/c1-10-11(16-13(18)7-8-15)4-2-5-12(10)17-9-3-6-14(17)19/h2,4-5H,3,6-7,9H2,1H3,(H,16,18). The first kappa shape index (κ1) is 13.1. The summed E-state index contributed by atoms with van der Waals surface area (Å²) < 4.78 is 0. The fourth-order valence-electron chi connectivity index (χ4n) is 2.22. The van der Waals surface area contributed by atoms with E-state index in [-0.39, 0.29) is 18.2 Å². The van der Waals surface area contributed by atoms with E-state index in [2.05, 4.69) is 5.32 Å². The van der Waals surface area contributed by atoms with Crippen molar-refractivity contribution in [1.29, 1.82) is 5.26 Å². The summed E-state index contributed by atoms with van der Waals surface area (Å²) in [6.07, 6.45) is 1.26. The van der Waals surface area contributed by atoms with E-state index < -0.39 is 0 Å². The predicted octanol–water partition coefficient (Wildman–Crippen LogP) is 1.97.